The molecule has 9 nitrogen and oxygen atoms in total. The van der Waals surface area contributed by atoms with E-state index in [-0.39, 0.29) is 25.4 Å². The Hall–Kier alpha value is -2.97. The molecule has 25 heavy (non-hydrogen) atoms. The summed E-state index contributed by atoms with van der Waals surface area (Å²) >= 11 is 0. The first kappa shape index (κ1) is 20.1. The molecule has 1 amide bonds. The fourth-order valence-electron chi connectivity index (χ4n) is 2.14. The van der Waals surface area contributed by atoms with Crippen LogP contribution in [-0.4, -0.2) is 46.9 Å². The topological polar surface area (TPSA) is 116 Å². The molecule has 0 saturated carbocycles. The van der Waals surface area contributed by atoms with Gasteiger partial charge >= 0.3 is 11.9 Å². The standard InChI is InChI=1S/C16H20N2O7/c1-4-24-15(20)14(16(21)25-5-2)17(11(3)19)10-12-7-6-8-13(9-12)18(22)23/h6-9,14H,4-5,10H2,1-3H3. The summed E-state index contributed by atoms with van der Waals surface area (Å²) in [4.78, 5) is 47.6. The van der Waals surface area contributed by atoms with Crippen LogP contribution in [0.15, 0.2) is 24.3 Å². The molecule has 1 aromatic rings. The van der Waals surface area contributed by atoms with Crippen LogP contribution in [0, 0.1) is 10.1 Å². The molecule has 0 fully saturated rings. The molecule has 0 spiro atoms. The SMILES string of the molecule is CCOC(=O)C(C(=O)OCC)N(Cc1cccc([N+](=O)[O-])c1)C(C)=O. The maximum atomic E-state index is 12.1. The lowest BCUT2D eigenvalue weighted by atomic mass is 10.1. The van der Waals surface area contributed by atoms with Crippen LogP contribution in [0.2, 0.25) is 0 Å². The number of nitrogens with zero attached hydrogens (tertiary/aromatic N) is 2. The number of carbonyl (C=O) groups is 3. The molecule has 0 bridgehead atoms. The van der Waals surface area contributed by atoms with Crippen LogP contribution in [0.5, 0.6) is 0 Å². The molecule has 1 rings (SSSR count). The van der Waals surface area contributed by atoms with Crippen molar-refractivity contribution in [3.63, 3.8) is 0 Å². The van der Waals surface area contributed by atoms with Gasteiger partial charge in [0, 0.05) is 25.6 Å². The second-order valence-corrected chi connectivity index (χ2v) is 4.98. The van der Waals surface area contributed by atoms with E-state index in [1.165, 1.54) is 25.1 Å². The molecule has 9 heteroatoms. The number of carbonyl (C=O) groups excluding carboxylic acids is 3. The van der Waals surface area contributed by atoms with Crippen molar-refractivity contribution in [1.29, 1.82) is 0 Å². The summed E-state index contributed by atoms with van der Waals surface area (Å²) in [5.74, 6) is -2.40. The highest BCUT2D eigenvalue weighted by molar-refractivity contribution is 6.02. The first-order valence-corrected chi connectivity index (χ1v) is 7.65. The minimum absolute atomic E-state index is 0.0251. The summed E-state index contributed by atoms with van der Waals surface area (Å²) in [6.07, 6.45) is 0. The van der Waals surface area contributed by atoms with Gasteiger partial charge in [-0.05, 0) is 19.4 Å². The van der Waals surface area contributed by atoms with Crippen LogP contribution in [-0.2, 0) is 30.4 Å². The van der Waals surface area contributed by atoms with Gasteiger partial charge in [0.05, 0.1) is 18.1 Å². The van der Waals surface area contributed by atoms with E-state index in [0.29, 0.717) is 5.56 Å². The Balaban J connectivity index is 3.18. The van der Waals surface area contributed by atoms with Crippen molar-refractivity contribution < 1.29 is 28.8 Å². The van der Waals surface area contributed by atoms with E-state index in [1.54, 1.807) is 19.9 Å². The number of hydrogen-bond acceptors (Lipinski definition) is 7. The first-order valence-electron chi connectivity index (χ1n) is 7.65. The van der Waals surface area contributed by atoms with E-state index in [1.807, 2.05) is 0 Å². The van der Waals surface area contributed by atoms with Crippen LogP contribution in [0.25, 0.3) is 0 Å². The van der Waals surface area contributed by atoms with Gasteiger partial charge in [-0.15, -0.1) is 0 Å². The summed E-state index contributed by atoms with van der Waals surface area (Å²) in [6.45, 7) is 4.19. The molecule has 0 N–H and O–H groups in total. The van der Waals surface area contributed by atoms with E-state index >= 15 is 0 Å². The Kier molecular flexibility index (Phi) is 7.51. The average molecular weight is 352 g/mol. The molecular weight excluding hydrogens is 332 g/mol. The molecule has 0 heterocycles. The molecular formula is C16H20N2O7. The van der Waals surface area contributed by atoms with Crippen molar-refractivity contribution in [2.24, 2.45) is 0 Å². The maximum Gasteiger partial charge on any atom is 0.340 e. The molecule has 1 aromatic carbocycles. The van der Waals surface area contributed by atoms with Crippen LogP contribution in [0.4, 0.5) is 5.69 Å². The minimum atomic E-state index is -1.57. The van der Waals surface area contributed by atoms with Crippen LogP contribution in [0.3, 0.4) is 0 Å². The zero-order chi connectivity index (χ0) is 19.0. The zero-order valence-electron chi connectivity index (χ0n) is 14.3. The second-order valence-electron chi connectivity index (χ2n) is 4.98. The highest BCUT2D eigenvalue weighted by Crippen LogP contribution is 2.17. The van der Waals surface area contributed by atoms with Gasteiger partial charge in [0.15, 0.2) is 0 Å². The molecule has 0 saturated heterocycles. The van der Waals surface area contributed by atoms with Crippen LogP contribution < -0.4 is 0 Å². The Labute approximate surface area is 144 Å². The van der Waals surface area contributed by atoms with Crippen molar-refractivity contribution in [2.75, 3.05) is 13.2 Å². The van der Waals surface area contributed by atoms with E-state index in [4.69, 9.17) is 9.47 Å². The lowest BCUT2D eigenvalue weighted by Gasteiger charge is -2.27. The van der Waals surface area contributed by atoms with Gasteiger partial charge in [-0.1, -0.05) is 12.1 Å². The van der Waals surface area contributed by atoms with Gasteiger partial charge < -0.3 is 14.4 Å². The molecule has 0 atom stereocenters. The van der Waals surface area contributed by atoms with E-state index in [2.05, 4.69) is 0 Å². The summed E-state index contributed by atoms with van der Waals surface area (Å²) in [6, 6.07) is 4.00. The molecule has 0 radical (unpaired) electrons. The highest BCUT2D eigenvalue weighted by Gasteiger charge is 2.37. The Morgan fingerprint density at radius 1 is 1.16 bits per heavy atom. The normalized spacial score (nSPS) is 10.2. The number of amides is 1. The summed E-state index contributed by atoms with van der Waals surface area (Å²) < 4.78 is 9.72. The fraction of sp³-hybridized carbons (Fsp3) is 0.438. The Morgan fingerprint density at radius 2 is 1.72 bits per heavy atom. The van der Waals surface area contributed by atoms with Gasteiger partial charge in [-0.25, -0.2) is 9.59 Å². The van der Waals surface area contributed by atoms with Gasteiger partial charge in [0.1, 0.15) is 0 Å². The maximum absolute atomic E-state index is 12.1. The summed E-state index contributed by atoms with van der Waals surface area (Å²) in [5, 5.41) is 10.9. The molecule has 0 aromatic heterocycles. The number of non-ortho nitro benzene ring substituents is 1. The lowest BCUT2D eigenvalue weighted by Crippen LogP contribution is -2.50. The van der Waals surface area contributed by atoms with Crippen molar-refractivity contribution in [3.8, 4) is 0 Å². The predicted octanol–water partition coefficient (Wildman–Crippen LogP) is 1.44. The zero-order valence-corrected chi connectivity index (χ0v) is 14.3. The fourth-order valence-corrected chi connectivity index (χ4v) is 2.14. The molecule has 136 valence electrons. The number of ether oxygens (including phenoxy) is 2. The van der Waals surface area contributed by atoms with Gasteiger partial charge in [-0.2, -0.15) is 0 Å². The van der Waals surface area contributed by atoms with Crippen LogP contribution in [0.1, 0.15) is 26.3 Å². The monoisotopic (exact) mass is 352 g/mol. The second kappa shape index (κ2) is 9.36. The summed E-state index contributed by atoms with van der Waals surface area (Å²) in [7, 11) is 0. The minimum Gasteiger partial charge on any atom is -0.464 e. The third-order valence-electron chi connectivity index (χ3n) is 3.21. The lowest BCUT2D eigenvalue weighted by molar-refractivity contribution is -0.384. The van der Waals surface area contributed by atoms with E-state index < -0.39 is 28.8 Å². The number of rotatable bonds is 8. The molecule has 0 aliphatic carbocycles. The Morgan fingerprint density at radius 3 is 2.16 bits per heavy atom. The first-order chi connectivity index (χ1) is 11.8. The largest absolute Gasteiger partial charge is 0.464 e. The third kappa shape index (κ3) is 5.55. The van der Waals surface area contributed by atoms with Gasteiger partial charge in [0.2, 0.25) is 11.9 Å². The average Bonchev–Trinajstić information content (AvgIpc) is 2.55. The van der Waals surface area contributed by atoms with Crippen molar-refractivity contribution >= 4 is 23.5 Å². The van der Waals surface area contributed by atoms with E-state index in [9.17, 15) is 24.5 Å². The van der Waals surface area contributed by atoms with Crippen molar-refractivity contribution in [3.05, 3.63) is 39.9 Å². The molecule has 0 aliphatic rings. The quantitative estimate of drug-likeness (QED) is 0.301. The molecule has 0 unspecified atom stereocenters. The Bertz CT molecular complexity index is 642. The van der Waals surface area contributed by atoms with E-state index in [0.717, 1.165) is 4.90 Å². The van der Waals surface area contributed by atoms with Gasteiger partial charge in [0.25, 0.3) is 5.69 Å². The highest BCUT2D eigenvalue weighted by atomic mass is 16.6. The van der Waals surface area contributed by atoms with Crippen LogP contribution >= 0.6 is 0 Å². The molecule has 0 aliphatic heterocycles. The van der Waals surface area contributed by atoms with Gasteiger partial charge in [-0.3, -0.25) is 14.9 Å². The number of benzene rings is 1. The summed E-state index contributed by atoms with van der Waals surface area (Å²) in [5.41, 5.74) is 0.229. The smallest absolute Gasteiger partial charge is 0.340 e. The van der Waals surface area contributed by atoms with Crippen molar-refractivity contribution in [1.82, 2.24) is 4.90 Å². The number of esters is 2. The third-order valence-corrected chi connectivity index (χ3v) is 3.21. The predicted molar refractivity (Wildman–Crippen MR) is 86.4 cm³/mol. The van der Waals surface area contributed by atoms with Crippen molar-refractivity contribution in [2.45, 2.75) is 33.4 Å². The number of nitro benzene ring substituents is 1. The number of nitro groups is 1. The number of hydrogen-bond donors (Lipinski definition) is 0.